The molecule has 0 fully saturated rings. The van der Waals surface area contributed by atoms with Crippen LogP contribution in [0.2, 0.25) is 0 Å². The maximum Gasteiger partial charge on any atom is 0.216 e. The van der Waals surface area contributed by atoms with Crippen molar-refractivity contribution in [1.29, 1.82) is 0 Å². The van der Waals surface area contributed by atoms with Gasteiger partial charge in [-0.1, -0.05) is 24.3 Å². The van der Waals surface area contributed by atoms with Crippen molar-refractivity contribution in [2.75, 3.05) is 0 Å². The molecule has 0 bridgehead atoms. The van der Waals surface area contributed by atoms with Crippen molar-refractivity contribution >= 4 is 10.0 Å². The van der Waals surface area contributed by atoms with Gasteiger partial charge in [-0.25, -0.2) is 13.1 Å². The number of nitrogens with one attached hydrogen (secondary N) is 2. The van der Waals surface area contributed by atoms with Gasteiger partial charge in [0.2, 0.25) is 10.0 Å². The molecule has 0 aliphatic carbocycles. The molecule has 1 heterocycles. The van der Waals surface area contributed by atoms with E-state index in [1.54, 1.807) is 0 Å². The zero-order valence-electron chi connectivity index (χ0n) is 13.8. The maximum absolute atomic E-state index is 11.9. The van der Waals surface area contributed by atoms with Gasteiger partial charge >= 0.3 is 0 Å². The number of aryl methyl sites for hydroxylation is 1. The summed E-state index contributed by atoms with van der Waals surface area (Å²) in [7, 11) is -3.28. The molecule has 6 heteroatoms. The molecular formula is C17H24N2O3S. The highest BCUT2D eigenvalue weighted by Gasteiger charge is 2.12. The van der Waals surface area contributed by atoms with Crippen molar-refractivity contribution in [2.45, 2.75) is 45.7 Å². The average molecular weight is 336 g/mol. The van der Waals surface area contributed by atoms with Gasteiger partial charge in [0.25, 0.3) is 0 Å². The Morgan fingerprint density at radius 1 is 1.00 bits per heavy atom. The summed E-state index contributed by atoms with van der Waals surface area (Å²) < 4.78 is 31.9. The predicted molar refractivity (Wildman–Crippen MR) is 91.3 cm³/mol. The summed E-state index contributed by atoms with van der Waals surface area (Å²) in [6, 6.07) is 11.4. The normalized spacial score (nSPS) is 12.0. The summed E-state index contributed by atoms with van der Waals surface area (Å²) in [6.45, 7) is 6.92. The minimum absolute atomic E-state index is 0.00452. The van der Waals surface area contributed by atoms with E-state index in [-0.39, 0.29) is 11.8 Å². The van der Waals surface area contributed by atoms with Crippen molar-refractivity contribution < 1.29 is 12.8 Å². The SMILES string of the molecule is Cc1ccc(CNCc2ccc(CS(=O)(=O)NC(C)C)cc2)o1. The third-order valence-corrected chi connectivity index (χ3v) is 4.76. The van der Waals surface area contributed by atoms with Gasteiger partial charge < -0.3 is 9.73 Å². The topological polar surface area (TPSA) is 71.3 Å². The Hall–Kier alpha value is -1.63. The van der Waals surface area contributed by atoms with Crippen LogP contribution in [0.15, 0.2) is 40.8 Å². The summed E-state index contributed by atoms with van der Waals surface area (Å²) in [5, 5.41) is 3.30. The van der Waals surface area contributed by atoms with E-state index in [0.29, 0.717) is 13.1 Å². The highest BCUT2D eigenvalue weighted by atomic mass is 32.2. The van der Waals surface area contributed by atoms with E-state index < -0.39 is 10.0 Å². The van der Waals surface area contributed by atoms with Crippen LogP contribution in [-0.2, 0) is 28.9 Å². The largest absolute Gasteiger partial charge is 0.465 e. The Kier molecular flexibility index (Phi) is 5.98. The number of hydrogen-bond donors (Lipinski definition) is 2. The minimum Gasteiger partial charge on any atom is -0.465 e. The highest BCUT2D eigenvalue weighted by Crippen LogP contribution is 2.09. The molecule has 2 aromatic rings. The molecule has 0 radical (unpaired) electrons. The summed E-state index contributed by atoms with van der Waals surface area (Å²) in [5.41, 5.74) is 1.88. The van der Waals surface area contributed by atoms with E-state index in [1.165, 1.54) is 0 Å². The van der Waals surface area contributed by atoms with Gasteiger partial charge in [-0.2, -0.15) is 0 Å². The van der Waals surface area contributed by atoms with Gasteiger partial charge in [-0.15, -0.1) is 0 Å². The van der Waals surface area contributed by atoms with Crippen LogP contribution in [0.1, 0.15) is 36.5 Å². The van der Waals surface area contributed by atoms with E-state index in [4.69, 9.17) is 4.42 Å². The summed E-state index contributed by atoms with van der Waals surface area (Å²) >= 11 is 0. The number of sulfonamides is 1. The third kappa shape index (κ3) is 6.17. The van der Waals surface area contributed by atoms with Gasteiger partial charge in [0.15, 0.2) is 0 Å². The molecule has 0 atom stereocenters. The molecule has 23 heavy (non-hydrogen) atoms. The van der Waals surface area contributed by atoms with Crippen LogP contribution in [0, 0.1) is 6.92 Å². The van der Waals surface area contributed by atoms with Crippen LogP contribution in [0.4, 0.5) is 0 Å². The van der Waals surface area contributed by atoms with Crippen LogP contribution in [-0.4, -0.2) is 14.5 Å². The molecule has 0 saturated heterocycles. The molecular weight excluding hydrogens is 312 g/mol. The second-order valence-electron chi connectivity index (χ2n) is 5.96. The van der Waals surface area contributed by atoms with Crippen molar-refractivity contribution in [3.05, 3.63) is 59.0 Å². The fourth-order valence-corrected chi connectivity index (χ4v) is 3.72. The molecule has 5 nitrogen and oxygen atoms in total. The summed E-state index contributed by atoms with van der Waals surface area (Å²) in [4.78, 5) is 0. The van der Waals surface area contributed by atoms with Crippen LogP contribution >= 0.6 is 0 Å². The van der Waals surface area contributed by atoms with Crippen molar-refractivity contribution in [1.82, 2.24) is 10.0 Å². The van der Waals surface area contributed by atoms with Crippen LogP contribution < -0.4 is 10.0 Å². The van der Waals surface area contributed by atoms with E-state index in [9.17, 15) is 8.42 Å². The molecule has 0 spiro atoms. The minimum atomic E-state index is -3.28. The lowest BCUT2D eigenvalue weighted by Crippen LogP contribution is -2.31. The Morgan fingerprint density at radius 3 is 2.22 bits per heavy atom. The van der Waals surface area contributed by atoms with Gasteiger partial charge in [-0.05, 0) is 44.0 Å². The maximum atomic E-state index is 11.9. The molecule has 126 valence electrons. The van der Waals surface area contributed by atoms with E-state index in [0.717, 1.165) is 22.6 Å². The first-order valence-corrected chi connectivity index (χ1v) is 9.33. The van der Waals surface area contributed by atoms with Gasteiger partial charge in [0.05, 0.1) is 12.3 Å². The van der Waals surface area contributed by atoms with Gasteiger partial charge in [0, 0.05) is 12.6 Å². The monoisotopic (exact) mass is 336 g/mol. The molecule has 0 amide bonds. The molecule has 0 aliphatic heterocycles. The zero-order chi connectivity index (χ0) is 16.9. The fourth-order valence-electron chi connectivity index (χ4n) is 2.28. The quantitative estimate of drug-likeness (QED) is 0.777. The molecule has 1 aromatic carbocycles. The van der Waals surface area contributed by atoms with Crippen molar-refractivity contribution in [3.8, 4) is 0 Å². The van der Waals surface area contributed by atoms with E-state index in [2.05, 4.69) is 10.0 Å². The molecule has 0 aliphatic rings. The smallest absolute Gasteiger partial charge is 0.216 e. The second kappa shape index (κ2) is 7.77. The number of hydrogen-bond acceptors (Lipinski definition) is 4. The van der Waals surface area contributed by atoms with Crippen LogP contribution in [0.5, 0.6) is 0 Å². The Labute approximate surface area is 138 Å². The van der Waals surface area contributed by atoms with E-state index >= 15 is 0 Å². The lowest BCUT2D eigenvalue weighted by Gasteiger charge is -2.10. The Morgan fingerprint density at radius 2 is 1.65 bits per heavy atom. The lowest BCUT2D eigenvalue weighted by molar-refractivity contribution is 0.461. The standard InChI is InChI=1S/C17H24N2O3S/c1-13(2)19-23(20,21)12-16-7-5-15(6-8-16)10-18-11-17-9-4-14(3)22-17/h4-9,13,18-19H,10-12H2,1-3H3. The second-order valence-corrected chi connectivity index (χ2v) is 7.72. The molecule has 1 aromatic heterocycles. The third-order valence-electron chi connectivity index (χ3n) is 3.22. The van der Waals surface area contributed by atoms with Crippen molar-refractivity contribution in [3.63, 3.8) is 0 Å². The van der Waals surface area contributed by atoms with E-state index in [1.807, 2.05) is 57.2 Å². The molecule has 0 saturated carbocycles. The number of benzene rings is 1. The average Bonchev–Trinajstić information content (AvgIpc) is 2.84. The highest BCUT2D eigenvalue weighted by molar-refractivity contribution is 7.88. The van der Waals surface area contributed by atoms with Crippen molar-refractivity contribution in [2.24, 2.45) is 0 Å². The first-order valence-electron chi connectivity index (χ1n) is 7.68. The molecule has 0 unspecified atom stereocenters. The first kappa shape index (κ1) is 17.7. The Balaban J connectivity index is 1.84. The van der Waals surface area contributed by atoms with Crippen LogP contribution in [0.25, 0.3) is 0 Å². The zero-order valence-corrected chi connectivity index (χ0v) is 14.6. The van der Waals surface area contributed by atoms with Gasteiger partial charge in [-0.3, -0.25) is 0 Å². The summed E-state index contributed by atoms with van der Waals surface area (Å²) in [6.07, 6.45) is 0. The first-order chi connectivity index (χ1) is 10.8. The van der Waals surface area contributed by atoms with Crippen LogP contribution in [0.3, 0.4) is 0 Å². The molecule has 2 N–H and O–H groups in total. The van der Waals surface area contributed by atoms with Gasteiger partial charge in [0.1, 0.15) is 11.5 Å². The fraction of sp³-hybridized carbons (Fsp3) is 0.412. The lowest BCUT2D eigenvalue weighted by atomic mass is 10.1. The number of rotatable bonds is 8. The number of furan rings is 1. The Bertz CT molecular complexity index is 719. The predicted octanol–water partition coefficient (Wildman–Crippen LogP) is 2.71. The molecule has 2 rings (SSSR count). The summed E-state index contributed by atoms with van der Waals surface area (Å²) in [5.74, 6) is 1.82.